The molecule has 0 saturated carbocycles. The van der Waals surface area contributed by atoms with Crippen LogP contribution in [0.2, 0.25) is 0 Å². The molecule has 0 spiro atoms. The van der Waals surface area contributed by atoms with E-state index in [0.29, 0.717) is 0 Å². The van der Waals surface area contributed by atoms with Gasteiger partial charge in [-0.05, 0) is 13.0 Å². The number of unbranched alkanes of at least 4 members (excludes halogenated alkanes) is 9. The first kappa shape index (κ1) is 18.9. The molecule has 5 heteroatoms. The van der Waals surface area contributed by atoms with Gasteiger partial charge in [0.15, 0.2) is 0 Å². The van der Waals surface area contributed by atoms with Crippen molar-refractivity contribution in [3.05, 3.63) is 0 Å². The van der Waals surface area contributed by atoms with Crippen molar-refractivity contribution < 1.29 is 13.0 Å². The summed E-state index contributed by atoms with van der Waals surface area (Å²) in [5, 5.41) is 2.99. The number of hydrogen-bond acceptors (Lipinski definition) is 4. The van der Waals surface area contributed by atoms with Gasteiger partial charge in [-0.15, -0.1) is 0 Å². The third-order valence-electron chi connectivity index (χ3n) is 3.24. The Bertz CT molecular complexity index is 278. The average Bonchev–Trinajstić information content (AvgIpc) is 2.34. The molecule has 0 saturated heterocycles. The fraction of sp³-hybridized carbons (Fsp3) is 1.00. The van der Waals surface area contributed by atoms with Crippen LogP contribution in [0.5, 0.6) is 0 Å². The quantitative estimate of drug-likeness (QED) is 0.394. The van der Waals surface area contributed by atoms with Crippen LogP contribution in [0.4, 0.5) is 0 Å². The van der Waals surface area contributed by atoms with E-state index in [-0.39, 0.29) is 12.3 Å². The van der Waals surface area contributed by atoms with Gasteiger partial charge in [0, 0.05) is 6.54 Å². The standard InChI is InChI=1S/C14H31NO3S/c1-2-3-4-5-6-7-8-9-10-11-12-15-13-14-19(16,17)18/h15H,2-14H2,1H3,(H,16,17,18)/p-1. The summed E-state index contributed by atoms with van der Waals surface area (Å²) >= 11 is 0. The van der Waals surface area contributed by atoms with Gasteiger partial charge in [0.2, 0.25) is 0 Å². The summed E-state index contributed by atoms with van der Waals surface area (Å²) in [5.41, 5.74) is 0. The summed E-state index contributed by atoms with van der Waals surface area (Å²) in [6.45, 7) is 3.33. The normalized spacial score (nSPS) is 11.9. The van der Waals surface area contributed by atoms with E-state index in [9.17, 15) is 13.0 Å². The van der Waals surface area contributed by atoms with Crippen LogP contribution in [-0.2, 0) is 10.1 Å². The second-order valence-electron chi connectivity index (χ2n) is 5.19. The molecule has 19 heavy (non-hydrogen) atoms. The third-order valence-corrected chi connectivity index (χ3v) is 3.94. The van der Waals surface area contributed by atoms with E-state index in [0.717, 1.165) is 13.0 Å². The molecule has 0 rings (SSSR count). The Morgan fingerprint density at radius 3 is 1.74 bits per heavy atom. The molecule has 0 amide bonds. The first-order chi connectivity index (χ1) is 9.06. The second-order valence-corrected chi connectivity index (χ2v) is 6.72. The summed E-state index contributed by atoms with van der Waals surface area (Å²) in [7, 11) is -4.05. The highest BCUT2D eigenvalue weighted by Crippen LogP contribution is 2.10. The first-order valence-electron chi connectivity index (χ1n) is 7.70. The van der Waals surface area contributed by atoms with Crippen molar-refractivity contribution in [3.8, 4) is 0 Å². The highest BCUT2D eigenvalue weighted by atomic mass is 32.2. The maximum Gasteiger partial charge on any atom is 0.0958 e. The Morgan fingerprint density at radius 2 is 1.26 bits per heavy atom. The zero-order chi connectivity index (χ0) is 14.4. The van der Waals surface area contributed by atoms with Crippen molar-refractivity contribution in [3.63, 3.8) is 0 Å². The Labute approximate surface area is 119 Å². The van der Waals surface area contributed by atoms with E-state index < -0.39 is 10.1 Å². The molecule has 0 aliphatic carbocycles. The van der Waals surface area contributed by atoms with Gasteiger partial charge < -0.3 is 9.87 Å². The van der Waals surface area contributed by atoms with E-state index in [4.69, 9.17) is 0 Å². The van der Waals surface area contributed by atoms with Crippen LogP contribution in [0, 0.1) is 0 Å². The van der Waals surface area contributed by atoms with E-state index in [1.807, 2.05) is 0 Å². The lowest BCUT2D eigenvalue weighted by molar-refractivity contribution is 0.460. The summed E-state index contributed by atoms with van der Waals surface area (Å²) in [6, 6.07) is 0. The van der Waals surface area contributed by atoms with E-state index in [1.54, 1.807) is 0 Å². The Hall–Kier alpha value is -0.130. The zero-order valence-corrected chi connectivity index (χ0v) is 13.1. The molecule has 0 unspecified atom stereocenters. The molecule has 116 valence electrons. The first-order valence-corrected chi connectivity index (χ1v) is 9.28. The molecule has 0 aliphatic rings. The molecule has 0 radical (unpaired) electrons. The van der Waals surface area contributed by atoms with Crippen molar-refractivity contribution in [1.29, 1.82) is 0 Å². The van der Waals surface area contributed by atoms with E-state index >= 15 is 0 Å². The topological polar surface area (TPSA) is 69.2 Å². The van der Waals surface area contributed by atoms with Crippen LogP contribution < -0.4 is 5.32 Å². The molecule has 0 heterocycles. The number of hydrogen-bond donors (Lipinski definition) is 1. The predicted octanol–water partition coefficient (Wildman–Crippen LogP) is 3.04. The monoisotopic (exact) mass is 292 g/mol. The fourth-order valence-corrected chi connectivity index (χ4v) is 2.45. The Balaban J connectivity index is 3.03. The summed E-state index contributed by atoms with van der Waals surface area (Å²) in [4.78, 5) is 0. The molecule has 0 aliphatic heterocycles. The van der Waals surface area contributed by atoms with Crippen LogP contribution in [0.15, 0.2) is 0 Å². The van der Waals surface area contributed by atoms with Crippen molar-refractivity contribution in [2.75, 3.05) is 18.8 Å². The lowest BCUT2D eigenvalue weighted by Gasteiger charge is -2.07. The summed E-state index contributed by atoms with van der Waals surface area (Å²) in [5.74, 6) is -0.301. The molecule has 4 nitrogen and oxygen atoms in total. The lowest BCUT2D eigenvalue weighted by Crippen LogP contribution is -2.23. The largest absolute Gasteiger partial charge is 0.748 e. The second kappa shape index (κ2) is 12.9. The average molecular weight is 292 g/mol. The summed E-state index contributed by atoms with van der Waals surface area (Å²) < 4.78 is 31.0. The van der Waals surface area contributed by atoms with Crippen LogP contribution in [-0.4, -0.2) is 31.8 Å². The van der Waals surface area contributed by atoms with Crippen molar-refractivity contribution >= 4 is 10.1 Å². The van der Waals surface area contributed by atoms with Crippen LogP contribution >= 0.6 is 0 Å². The minimum Gasteiger partial charge on any atom is -0.748 e. The van der Waals surface area contributed by atoms with Crippen LogP contribution in [0.1, 0.15) is 71.1 Å². The van der Waals surface area contributed by atoms with Gasteiger partial charge in [0.25, 0.3) is 0 Å². The molecular weight excluding hydrogens is 262 g/mol. The number of rotatable bonds is 14. The molecule has 0 atom stereocenters. The third kappa shape index (κ3) is 17.9. The maximum absolute atomic E-state index is 10.3. The molecule has 0 aromatic heterocycles. The highest BCUT2D eigenvalue weighted by molar-refractivity contribution is 7.85. The molecule has 1 N–H and O–H groups in total. The minimum atomic E-state index is -4.05. The van der Waals surface area contributed by atoms with Crippen molar-refractivity contribution in [1.82, 2.24) is 5.32 Å². The summed E-state index contributed by atoms with van der Waals surface area (Å²) in [6.07, 6.45) is 12.9. The molecular formula is C14H30NO3S-. The van der Waals surface area contributed by atoms with Gasteiger partial charge in [0.05, 0.1) is 15.9 Å². The van der Waals surface area contributed by atoms with Crippen LogP contribution in [0.25, 0.3) is 0 Å². The zero-order valence-electron chi connectivity index (χ0n) is 12.3. The van der Waals surface area contributed by atoms with Gasteiger partial charge in [-0.1, -0.05) is 64.7 Å². The SMILES string of the molecule is CCCCCCCCCCCCNCCS(=O)(=O)[O-]. The molecule has 0 aromatic carbocycles. The van der Waals surface area contributed by atoms with Gasteiger partial charge in [-0.3, -0.25) is 0 Å². The molecule has 0 bridgehead atoms. The number of nitrogens with one attached hydrogen (secondary N) is 1. The van der Waals surface area contributed by atoms with Gasteiger partial charge >= 0.3 is 0 Å². The predicted molar refractivity (Wildman–Crippen MR) is 79.3 cm³/mol. The minimum absolute atomic E-state index is 0.281. The highest BCUT2D eigenvalue weighted by Gasteiger charge is 1.95. The van der Waals surface area contributed by atoms with E-state index in [2.05, 4.69) is 12.2 Å². The Morgan fingerprint density at radius 1 is 0.789 bits per heavy atom. The van der Waals surface area contributed by atoms with E-state index in [1.165, 1.54) is 57.8 Å². The van der Waals surface area contributed by atoms with Gasteiger partial charge in [-0.25, -0.2) is 8.42 Å². The lowest BCUT2D eigenvalue weighted by atomic mass is 10.1. The van der Waals surface area contributed by atoms with Crippen LogP contribution in [0.3, 0.4) is 0 Å². The fourth-order valence-electron chi connectivity index (χ4n) is 2.06. The van der Waals surface area contributed by atoms with Gasteiger partial charge in [0.1, 0.15) is 0 Å². The van der Waals surface area contributed by atoms with Crippen molar-refractivity contribution in [2.45, 2.75) is 71.1 Å². The van der Waals surface area contributed by atoms with Crippen molar-refractivity contribution in [2.24, 2.45) is 0 Å². The smallest absolute Gasteiger partial charge is 0.0958 e. The van der Waals surface area contributed by atoms with Gasteiger partial charge in [-0.2, -0.15) is 0 Å². The molecule has 0 fully saturated rings. The Kier molecular flexibility index (Phi) is 12.8. The maximum atomic E-state index is 10.3. The molecule has 0 aromatic rings.